The Morgan fingerprint density at radius 1 is 1.35 bits per heavy atom. The van der Waals surface area contributed by atoms with E-state index in [9.17, 15) is 4.79 Å². The lowest BCUT2D eigenvalue weighted by atomic mass is 10.1. The third kappa shape index (κ3) is 3.23. The van der Waals surface area contributed by atoms with Crippen molar-refractivity contribution in [3.05, 3.63) is 42.0 Å². The fourth-order valence-electron chi connectivity index (χ4n) is 2.71. The van der Waals surface area contributed by atoms with Gasteiger partial charge in [-0.15, -0.1) is 21.5 Å². The topological polar surface area (TPSA) is 88.5 Å². The minimum atomic E-state index is -0.107. The highest BCUT2D eigenvalue weighted by atomic mass is 32.2. The lowest BCUT2D eigenvalue weighted by Crippen LogP contribution is -2.14. The van der Waals surface area contributed by atoms with Gasteiger partial charge in [0.25, 0.3) is 0 Å². The standard InChI is InChI=1S/C17H16N6OS2/c1-2-23-15(12-9-19-13-6-4-3-5-11(12)13)21-22-17(23)26-10-14(24)20-16-18-7-8-25-16/h3-9,19H,2,10H2,1H3,(H,18,20,24). The van der Waals surface area contributed by atoms with E-state index < -0.39 is 0 Å². The first kappa shape index (κ1) is 16.8. The van der Waals surface area contributed by atoms with E-state index in [1.807, 2.05) is 41.3 Å². The molecule has 0 aliphatic carbocycles. The number of nitrogens with zero attached hydrogens (tertiary/aromatic N) is 4. The molecule has 4 rings (SSSR count). The Hall–Kier alpha value is -2.65. The lowest BCUT2D eigenvalue weighted by molar-refractivity contribution is -0.113. The van der Waals surface area contributed by atoms with Gasteiger partial charge >= 0.3 is 0 Å². The first-order valence-corrected chi connectivity index (χ1v) is 9.94. The molecule has 0 unspecified atom stereocenters. The van der Waals surface area contributed by atoms with Crippen LogP contribution in [-0.2, 0) is 11.3 Å². The van der Waals surface area contributed by atoms with Crippen LogP contribution in [-0.4, -0.2) is 36.4 Å². The number of carbonyl (C=O) groups is 1. The highest BCUT2D eigenvalue weighted by Gasteiger charge is 2.17. The van der Waals surface area contributed by atoms with Crippen molar-refractivity contribution in [3.8, 4) is 11.4 Å². The minimum absolute atomic E-state index is 0.107. The Morgan fingerprint density at radius 3 is 3.04 bits per heavy atom. The highest BCUT2D eigenvalue weighted by Crippen LogP contribution is 2.29. The number of anilines is 1. The third-order valence-electron chi connectivity index (χ3n) is 3.87. The van der Waals surface area contributed by atoms with Crippen LogP contribution in [0.1, 0.15) is 6.92 Å². The zero-order valence-corrected chi connectivity index (χ0v) is 15.6. The molecule has 132 valence electrons. The molecule has 0 fully saturated rings. The van der Waals surface area contributed by atoms with Gasteiger partial charge in [-0.1, -0.05) is 30.0 Å². The van der Waals surface area contributed by atoms with Crippen LogP contribution < -0.4 is 5.32 Å². The Balaban J connectivity index is 1.54. The van der Waals surface area contributed by atoms with E-state index in [-0.39, 0.29) is 11.7 Å². The quantitative estimate of drug-likeness (QED) is 0.496. The summed E-state index contributed by atoms with van der Waals surface area (Å²) in [5.74, 6) is 0.947. The maximum absolute atomic E-state index is 12.1. The maximum atomic E-state index is 12.1. The number of fused-ring (bicyclic) bond motifs is 1. The summed E-state index contributed by atoms with van der Waals surface area (Å²) in [4.78, 5) is 19.4. The molecule has 1 amide bonds. The average Bonchev–Trinajstić information content (AvgIpc) is 3.38. The number of thiazole rings is 1. The molecule has 0 radical (unpaired) electrons. The van der Waals surface area contributed by atoms with E-state index in [0.717, 1.165) is 34.0 Å². The molecule has 0 saturated heterocycles. The molecule has 0 bridgehead atoms. The van der Waals surface area contributed by atoms with Crippen LogP contribution in [0.4, 0.5) is 5.13 Å². The zero-order chi connectivity index (χ0) is 17.9. The predicted octanol–water partition coefficient (Wildman–Crippen LogP) is 3.63. The molecule has 3 heterocycles. The molecule has 4 aromatic rings. The molecule has 7 nitrogen and oxygen atoms in total. The van der Waals surface area contributed by atoms with Crippen molar-refractivity contribution in [3.63, 3.8) is 0 Å². The molecular weight excluding hydrogens is 368 g/mol. The predicted molar refractivity (Wildman–Crippen MR) is 104 cm³/mol. The summed E-state index contributed by atoms with van der Waals surface area (Å²) in [5, 5.41) is 15.7. The number of H-pyrrole nitrogens is 1. The number of nitrogens with one attached hydrogen (secondary N) is 2. The van der Waals surface area contributed by atoms with Crippen molar-refractivity contribution in [2.45, 2.75) is 18.6 Å². The highest BCUT2D eigenvalue weighted by molar-refractivity contribution is 7.99. The van der Waals surface area contributed by atoms with Gasteiger partial charge in [0, 0.05) is 40.8 Å². The van der Waals surface area contributed by atoms with Crippen LogP contribution in [0.15, 0.2) is 47.2 Å². The molecular formula is C17H16N6OS2. The van der Waals surface area contributed by atoms with Gasteiger partial charge in [-0.25, -0.2) is 4.98 Å². The molecule has 26 heavy (non-hydrogen) atoms. The van der Waals surface area contributed by atoms with Gasteiger partial charge in [0.2, 0.25) is 5.91 Å². The van der Waals surface area contributed by atoms with Gasteiger partial charge in [0.1, 0.15) is 0 Å². The SMILES string of the molecule is CCn1c(SCC(=O)Nc2nccs2)nnc1-c1c[nH]c2ccccc12. The number of rotatable bonds is 6. The molecule has 0 saturated carbocycles. The minimum Gasteiger partial charge on any atom is -0.360 e. The van der Waals surface area contributed by atoms with Crippen LogP contribution in [0.5, 0.6) is 0 Å². The number of thioether (sulfide) groups is 1. The van der Waals surface area contributed by atoms with Crippen LogP contribution in [0.3, 0.4) is 0 Å². The van der Waals surface area contributed by atoms with Crippen molar-refractivity contribution in [2.24, 2.45) is 0 Å². The molecule has 1 aromatic carbocycles. The molecule has 3 aromatic heterocycles. The number of amides is 1. The molecule has 0 aliphatic rings. The van der Waals surface area contributed by atoms with Gasteiger partial charge in [-0.2, -0.15) is 0 Å². The second kappa shape index (κ2) is 7.30. The second-order valence-electron chi connectivity index (χ2n) is 5.47. The van der Waals surface area contributed by atoms with Gasteiger partial charge in [-0.05, 0) is 13.0 Å². The van der Waals surface area contributed by atoms with E-state index in [0.29, 0.717) is 5.13 Å². The van der Waals surface area contributed by atoms with Crippen molar-refractivity contribution >= 4 is 45.0 Å². The number of hydrogen-bond donors (Lipinski definition) is 2. The number of para-hydroxylation sites is 1. The van der Waals surface area contributed by atoms with Gasteiger partial charge < -0.3 is 14.9 Å². The van der Waals surface area contributed by atoms with Crippen LogP contribution in [0.25, 0.3) is 22.3 Å². The van der Waals surface area contributed by atoms with Gasteiger partial charge in [0.05, 0.1) is 5.75 Å². The smallest absolute Gasteiger partial charge is 0.236 e. The monoisotopic (exact) mass is 384 g/mol. The first-order valence-electron chi connectivity index (χ1n) is 8.08. The Kier molecular flexibility index (Phi) is 4.72. The second-order valence-corrected chi connectivity index (χ2v) is 7.31. The third-order valence-corrected chi connectivity index (χ3v) is 5.53. The van der Waals surface area contributed by atoms with Gasteiger partial charge in [0.15, 0.2) is 16.1 Å². The summed E-state index contributed by atoms with van der Waals surface area (Å²) >= 11 is 2.76. The molecule has 0 aliphatic heterocycles. The normalized spacial score (nSPS) is 11.1. The Labute approximate surface area is 157 Å². The Bertz CT molecular complexity index is 1040. The van der Waals surface area contributed by atoms with Crippen LogP contribution in [0, 0.1) is 0 Å². The molecule has 0 atom stereocenters. The summed E-state index contributed by atoms with van der Waals surface area (Å²) in [7, 11) is 0. The van der Waals surface area contributed by atoms with Gasteiger partial charge in [-0.3, -0.25) is 4.79 Å². The zero-order valence-electron chi connectivity index (χ0n) is 14.0. The summed E-state index contributed by atoms with van der Waals surface area (Å²) in [6, 6.07) is 8.09. The fraction of sp³-hybridized carbons (Fsp3) is 0.176. The van der Waals surface area contributed by atoms with E-state index in [1.54, 1.807) is 6.20 Å². The van der Waals surface area contributed by atoms with E-state index in [1.165, 1.54) is 23.1 Å². The van der Waals surface area contributed by atoms with E-state index in [2.05, 4.69) is 31.5 Å². The largest absolute Gasteiger partial charge is 0.360 e. The molecule has 9 heteroatoms. The summed E-state index contributed by atoms with van der Waals surface area (Å²) in [5.41, 5.74) is 2.07. The number of benzene rings is 1. The first-order chi connectivity index (χ1) is 12.8. The average molecular weight is 384 g/mol. The lowest BCUT2D eigenvalue weighted by Gasteiger charge is -2.06. The summed E-state index contributed by atoms with van der Waals surface area (Å²) in [6.07, 6.45) is 3.61. The number of carbonyl (C=O) groups excluding carboxylic acids is 1. The molecule has 0 spiro atoms. The molecule has 2 N–H and O–H groups in total. The number of aromatic amines is 1. The van der Waals surface area contributed by atoms with Crippen molar-refractivity contribution < 1.29 is 4.79 Å². The van der Waals surface area contributed by atoms with E-state index >= 15 is 0 Å². The maximum Gasteiger partial charge on any atom is 0.236 e. The van der Waals surface area contributed by atoms with Crippen LogP contribution in [0.2, 0.25) is 0 Å². The van der Waals surface area contributed by atoms with Crippen LogP contribution >= 0.6 is 23.1 Å². The summed E-state index contributed by atoms with van der Waals surface area (Å²) < 4.78 is 2.02. The van der Waals surface area contributed by atoms with E-state index in [4.69, 9.17) is 0 Å². The van der Waals surface area contributed by atoms with Crippen molar-refractivity contribution in [2.75, 3.05) is 11.1 Å². The number of hydrogen-bond acceptors (Lipinski definition) is 6. The fourth-order valence-corrected chi connectivity index (χ4v) is 4.05. The Morgan fingerprint density at radius 2 is 2.23 bits per heavy atom. The number of aromatic nitrogens is 5. The summed E-state index contributed by atoms with van der Waals surface area (Å²) in [6.45, 7) is 2.76. The van der Waals surface area contributed by atoms with Crippen molar-refractivity contribution in [1.82, 2.24) is 24.7 Å². The van der Waals surface area contributed by atoms with Crippen molar-refractivity contribution in [1.29, 1.82) is 0 Å².